The molecule has 12 nitrogen and oxygen atoms in total. The van der Waals surface area contributed by atoms with Crippen molar-refractivity contribution in [1.82, 2.24) is 29.7 Å². The lowest BCUT2D eigenvalue weighted by Gasteiger charge is -2.29. The van der Waals surface area contributed by atoms with Gasteiger partial charge in [-0.2, -0.15) is 0 Å². The lowest BCUT2D eigenvalue weighted by atomic mass is 9.91. The van der Waals surface area contributed by atoms with Gasteiger partial charge in [0.05, 0.1) is 62.4 Å². The van der Waals surface area contributed by atoms with Crippen molar-refractivity contribution in [3.05, 3.63) is 93.5 Å². The molecule has 0 unspecified atom stereocenters. The number of nitrogens with zero attached hydrogens (tertiary/aromatic N) is 4. The van der Waals surface area contributed by atoms with Crippen LogP contribution in [0.2, 0.25) is 0 Å². The fourth-order valence-electron chi connectivity index (χ4n) is 9.88. The molecule has 14 heteroatoms. The van der Waals surface area contributed by atoms with Crippen molar-refractivity contribution in [3.8, 4) is 33.6 Å². The van der Waals surface area contributed by atoms with Crippen LogP contribution in [0.3, 0.4) is 0 Å². The minimum atomic E-state index is -0.454. The molecule has 8 rings (SSSR count). The third-order valence-electron chi connectivity index (χ3n) is 13.7. The summed E-state index contributed by atoms with van der Waals surface area (Å²) in [5, 5.41) is 0. The molecule has 2 N–H and O–H groups in total. The Morgan fingerprint density at radius 2 is 1.00 bits per heavy atom. The van der Waals surface area contributed by atoms with Gasteiger partial charge < -0.3 is 29.2 Å². The molecule has 0 radical (unpaired) electrons. The van der Waals surface area contributed by atoms with Crippen molar-refractivity contribution >= 4 is 47.3 Å². The molecule has 2 aromatic carbocycles. The van der Waals surface area contributed by atoms with E-state index < -0.39 is 11.8 Å². The molecule has 4 aliphatic heterocycles. The molecule has 4 aromatic rings. The number of amides is 2. The minimum Gasteiger partial charge on any atom is -0.469 e. The van der Waals surface area contributed by atoms with Crippen LogP contribution in [-0.4, -0.2) is 92.3 Å². The van der Waals surface area contributed by atoms with Crippen molar-refractivity contribution in [2.24, 2.45) is 23.7 Å². The Hall–Kier alpha value is -5.08. The van der Waals surface area contributed by atoms with Crippen molar-refractivity contribution in [3.63, 3.8) is 0 Å². The first kappa shape index (κ1) is 47.4. The molecule has 4 aliphatic rings. The van der Waals surface area contributed by atoms with Gasteiger partial charge in [0.2, 0.25) is 11.8 Å². The van der Waals surface area contributed by atoms with Crippen molar-refractivity contribution in [2.75, 3.05) is 38.8 Å². The summed E-state index contributed by atoms with van der Waals surface area (Å²) >= 11 is 3.78. The molecule has 2 aromatic heterocycles. The van der Waals surface area contributed by atoms with Gasteiger partial charge in [-0.05, 0) is 71.3 Å². The Morgan fingerprint density at radius 3 is 1.33 bits per heavy atom. The Bertz CT molecular complexity index is 2280. The third kappa shape index (κ3) is 10.5. The van der Waals surface area contributed by atoms with Gasteiger partial charge in [0.15, 0.2) is 0 Å². The van der Waals surface area contributed by atoms with Crippen LogP contribution in [0.25, 0.3) is 33.6 Å². The summed E-state index contributed by atoms with van der Waals surface area (Å²) in [5.41, 5.74) is 8.07. The number of carbonyl (C=O) groups is 4. The number of methoxy groups -OCH3 is 2. The highest BCUT2D eigenvalue weighted by atomic mass is 32.2. The van der Waals surface area contributed by atoms with Crippen LogP contribution in [0.1, 0.15) is 114 Å². The number of H-pyrrole nitrogens is 2. The molecule has 4 atom stereocenters. The van der Waals surface area contributed by atoms with Crippen LogP contribution < -0.4 is 0 Å². The summed E-state index contributed by atoms with van der Waals surface area (Å²) in [6.07, 6.45) is 11.7. The lowest BCUT2D eigenvalue weighted by molar-refractivity contribution is -0.148. The summed E-state index contributed by atoms with van der Waals surface area (Å²) in [7, 11) is 2.74. The Balaban J connectivity index is 1.04. The third-order valence-corrected chi connectivity index (χ3v) is 15.9. The molecule has 0 aliphatic carbocycles. The number of imidazole rings is 2. The number of aromatic nitrogens is 4. The second-order valence-corrected chi connectivity index (χ2v) is 21.1. The van der Waals surface area contributed by atoms with E-state index in [2.05, 4.69) is 70.7 Å². The molecular formula is C52H64N6O6S2. The van der Waals surface area contributed by atoms with E-state index in [-0.39, 0.29) is 60.5 Å². The topological polar surface area (TPSA) is 151 Å². The molecule has 66 heavy (non-hydrogen) atoms. The second kappa shape index (κ2) is 21.3. The van der Waals surface area contributed by atoms with Gasteiger partial charge in [0.25, 0.3) is 0 Å². The largest absolute Gasteiger partial charge is 0.469 e. The number of likely N-dealkylation sites (tertiary alicyclic amines) is 2. The number of hydrogen-bond acceptors (Lipinski definition) is 10. The number of esters is 2. The first-order chi connectivity index (χ1) is 31.9. The zero-order valence-electron chi connectivity index (χ0n) is 39.2. The van der Waals surface area contributed by atoms with E-state index in [1.807, 2.05) is 61.0 Å². The number of benzene rings is 2. The van der Waals surface area contributed by atoms with Gasteiger partial charge in [-0.1, -0.05) is 88.4 Å². The SMILES string of the molecule is COC(=O)C[C@H](C(=O)N1CCC[C@H]1c1nc(-c2ccc(-c3ccc(-c4nc([C@@H]5CCCN5C(=O)[C@@H](CC(=O)OC)C(C)C)[nH]c4CC4=CCCS4)cc3)cc2)c(CC2=CCCS2)[nH]1)C(C)C. The normalized spacial score (nSPS) is 19.4. The molecule has 350 valence electrons. The molecule has 0 saturated carbocycles. The quantitative estimate of drug-likeness (QED) is 0.0980. The lowest BCUT2D eigenvalue weighted by Crippen LogP contribution is -2.39. The highest BCUT2D eigenvalue weighted by Gasteiger charge is 2.40. The van der Waals surface area contributed by atoms with Gasteiger partial charge in [-0.15, -0.1) is 23.5 Å². The van der Waals surface area contributed by atoms with E-state index in [9.17, 15) is 19.2 Å². The highest BCUT2D eigenvalue weighted by Crippen LogP contribution is 2.40. The maximum absolute atomic E-state index is 14.0. The van der Waals surface area contributed by atoms with Crippen molar-refractivity contribution < 1.29 is 28.7 Å². The van der Waals surface area contributed by atoms with Crippen LogP contribution in [0.4, 0.5) is 0 Å². The molecule has 0 spiro atoms. The van der Waals surface area contributed by atoms with Gasteiger partial charge >= 0.3 is 11.9 Å². The number of rotatable bonds is 17. The fraction of sp³-hybridized carbons (Fsp3) is 0.500. The van der Waals surface area contributed by atoms with Crippen LogP contribution in [0.5, 0.6) is 0 Å². The van der Waals surface area contributed by atoms with Crippen LogP contribution in [0.15, 0.2) is 70.5 Å². The number of carbonyl (C=O) groups excluding carboxylic acids is 4. The second-order valence-electron chi connectivity index (χ2n) is 18.7. The van der Waals surface area contributed by atoms with E-state index in [1.54, 1.807) is 0 Å². The zero-order chi connectivity index (χ0) is 46.5. The first-order valence-corrected chi connectivity index (χ1v) is 25.7. The summed E-state index contributed by atoms with van der Waals surface area (Å²) in [5.74, 6) is 2.06. The molecule has 2 fully saturated rings. The highest BCUT2D eigenvalue weighted by molar-refractivity contribution is 8.03. The van der Waals surface area contributed by atoms with E-state index in [0.29, 0.717) is 13.1 Å². The van der Waals surface area contributed by atoms with Crippen molar-refractivity contribution in [2.45, 2.75) is 104 Å². The Kier molecular flexibility index (Phi) is 15.3. The maximum atomic E-state index is 14.0. The van der Waals surface area contributed by atoms with E-state index in [0.717, 1.165) is 120 Å². The van der Waals surface area contributed by atoms with Gasteiger partial charge in [0, 0.05) is 60.0 Å². The van der Waals surface area contributed by atoms with Crippen LogP contribution >= 0.6 is 23.5 Å². The Morgan fingerprint density at radius 1 is 0.621 bits per heavy atom. The first-order valence-electron chi connectivity index (χ1n) is 23.7. The summed E-state index contributed by atoms with van der Waals surface area (Å²) in [6.45, 7) is 9.21. The summed E-state index contributed by atoms with van der Waals surface area (Å²) in [4.78, 5) is 77.0. The fourth-order valence-corrected chi connectivity index (χ4v) is 11.8. The number of thioether (sulfide) groups is 2. The monoisotopic (exact) mass is 932 g/mol. The van der Waals surface area contributed by atoms with Crippen LogP contribution in [-0.2, 0) is 41.5 Å². The minimum absolute atomic E-state index is 0.00718. The molecular weight excluding hydrogens is 869 g/mol. The van der Waals surface area contributed by atoms with E-state index >= 15 is 0 Å². The number of aromatic amines is 2. The van der Waals surface area contributed by atoms with Crippen molar-refractivity contribution in [1.29, 1.82) is 0 Å². The van der Waals surface area contributed by atoms with Crippen LogP contribution in [0, 0.1) is 23.7 Å². The zero-order valence-corrected chi connectivity index (χ0v) is 40.8. The predicted molar refractivity (Wildman–Crippen MR) is 262 cm³/mol. The van der Waals surface area contributed by atoms with Gasteiger partial charge in [-0.3, -0.25) is 19.2 Å². The number of nitrogens with one attached hydrogen (secondary N) is 2. The number of ether oxygens (including phenoxy) is 2. The van der Waals surface area contributed by atoms with Gasteiger partial charge in [0.1, 0.15) is 11.6 Å². The predicted octanol–water partition coefficient (Wildman–Crippen LogP) is 10.3. The van der Waals surface area contributed by atoms with E-state index in [4.69, 9.17) is 19.4 Å². The average Bonchev–Trinajstić information content (AvgIpc) is 4.19. The van der Waals surface area contributed by atoms with Gasteiger partial charge in [-0.25, -0.2) is 9.97 Å². The molecule has 2 amide bonds. The molecule has 0 bridgehead atoms. The standard InChI is InChI=1S/C52H64N6O6S2/c1-31(2)39(29-45(59)63-5)51(61)57-23-7-13-43(57)49-53-41(27-37-11-9-25-65-37)47(55-49)35-19-15-33(16-20-35)34-17-21-36(22-18-34)48-42(28-38-12-10-26-66-38)54-50(56-48)44-14-8-24-58(44)52(62)40(32(3)4)30-46(60)64-6/h11-12,15-22,31-32,39-40,43-44H,7-10,13-14,23-30H2,1-6H3,(H,53,55)(H,54,56)/t39-,40-,43-,44-/m0/s1. The maximum Gasteiger partial charge on any atom is 0.306 e. The van der Waals surface area contributed by atoms with E-state index in [1.165, 1.54) is 24.0 Å². The molecule has 6 heterocycles. The summed E-state index contributed by atoms with van der Waals surface area (Å²) in [6, 6.07) is 16.8. The molecule has 2 saturated heterocycles. The average molecular weight is 933 g/mol. The summed E-state index contributed by atoms with van der Waals surface area (Å²) < 4.78 is 9.91. The number of allylic oxidation sites excluding steroid dienone is 4. The smallest absolute Gasteiger partial charge is 0.306 e. The number of hydrogen-bond donors (Lipinski definition) is 2. The Labute approximate surface area is 397 Å².